The number of pyridine rings is 1. The minimum atomic E-state index is -2.28. The number of rotatable bonds is 8. The zero-order chi connectivity index (χ0) is 26.7. The van der Waals surface area contributed by atoms with Gasteiger partial charge >= 0.3 is 6.09 Å². The summed E-state index contributed by atoms with van der Waals surface area (Å²) in [4.78, 5) is 27.2. The van der Waals surface area contributed by atoms with Gasteiger partial charge in [-0.3, -0.25) is 4.79 Å². The van der Waals surface area contributed by atoms with Crippen molar-refractivity contribution < 1.29 is 23.8 Å². The van der Waals surface area contributed by atoms with Crippen LogP contribution in [-0.2, 0) is 15.8 Å². The summed E-state index contributed by atoms with van der Waals surface area (Å²) >= 11 is 0. The quantitative estimate of drug-likeness (QED) is 0.251. The highest BCUT2D eigenvalue weighted by Crippen LogP contribution is 2.41. The van der Waals surface area contributed by atoms with Crippen molar-refractivity contribution >= 4 is 31.0 Å². The third kappa shape index (κ3) is 6.19. The SMILES string of the molecule is COc1cc(N)ccc1COC(=O)NC[C@H](O[Si](C)(C)C(C)(C)C)c1ccc(O)c2[nH]c(=O)ccc12. The monoisotopic (exact) mass is 513 g/mol. The Morgan fingerprint density at radius 1 is 1.17 bits per heavy atom. The van der Waals surface area contributed by atoms with Crippen LogP contribution >= 0.6 is 0 Å². The summed E-state index contributed by atoms with van der Waals surface area (Å²) < 4.78 is 17.4. The number of fused-ring (bicyclic) bond motifs is 1. The number of hydrogen-bond acceptors (Lipinski definition) is 7. The third-order valence-electron chi connectivity index (χ3n) is 6.60. The predicted octanol–water partition coefficient (Wildman–Crippen LogP) is 4.81. The minimum absolute atomic E-state index is 0.00637. The highest BCUT2D eigenvalue weighted by Gasteiger charge is 2.40. The van der Waals surface area contributed by atoms with Crippen molar-refractivity contribution in [1.82, 2.24) is 10.3 Å². The molecule has 0 aliphatic carbocycles. The number of carbonyl (C=O) groups excluding carboxylic acids is 1. The molecule has 1 amide bonds. The van der Waals surface area contributed by atoms with E-state index in [2.05, 4.69) is 44.2 Å². The summed E-state index contributed by atoms with van der Waals surface area (Å²) in [5, 5.41) is 13.7. The van der Waals surface area contributed by atoms with E-state index in [0.717, 1.165) is 5.56 Å². The maximum atomic E-state index is 12.6. The fourth-order valence-corrected chi connectivity index (χ4v) is 4.81. The van der Waals surface area contributed by atoms with Crippen molar-refractivity contribution in [2.24, 2.45) is 0 Å². The molecule has 0 unspecified atom stereocenters. The molecule has 194 valence electrons. The van der Waals surface area contributed by atoms with Gasteiger partial charge in [0.25, 0.3) is 0 Å². The Morgan fingerprint density at radius 3 is 2.56 bits per heavy atom. The number of alkyl carbamates (subject to hydrolysis) is 1. The molecule has 0 aliphatic rings. The number of nitrogen functional groups attached to an aromatic ring is 1. The average molecular weight is 514 g/mol. The molecule has 1 aromatic heterocycles. The largest absolute Gasteiger partial charge is 0.506 e. The van der Waals surface area contributed by atoms with Crippen LogP contribution in [0.1, 0.15) is 38.0 Å². The maximum Gasteiger partial charge on any atom is 0.407 e. The Bertz CT molecular complexity index is 1300. The number of anilines is 1. The normalized spacial score (nSPS) is 12.8. The van der Waals surface area contributed by atoms with E-state index in [1.54, 1.807) is 30.3 Å². The number of hydrogen-bond donors (Lipinski definition) is 4. The molecule has 0 aliphatic heterocycles. The number of phenolic OH excluding ortho intramolecular Hbond substituents is 1. The molecule has 0 saturated carbocycles. The van der Waals surface area contributed by atoms with Crippen molar-refractivity contribution in [3.8, 4) is 11.5 Å². The van der Waals surface area contributed by atoms with Crippen LogP contribution in [0.5, 0.6) is 11.5 Å². The first-order valence-electron chi connectivity index (χ1n) is 11.7. The lowest BCUT2D eigenvalue weighted by Gasteiger charge is -2.39. The van der Waals surface area contributed by atoms with Gasteiger partial charge in [-0.2, -0.15) is 0 Å². The molecule has 10 heteroatoms. The average Bonchev–Trinajstić information content (AvgIpc) is 2.80. The van der Waals surface area contributed by atoms with Gasteiger partial charge in [0.15, 0.2) is 8.32 Å². The summed E-state index contributed by atoms with van der Waals surface area (Å²) in [5.74, 6) is 0.494. The zero-order valence-corrected chi connectivity index (χ0v) is 22.6. The Balaban J connectivity index is 1.84. The standard InChI is InChI=1S/C26H35N3O6Si/c1-26(2,3)36(5,6)35-22(18-9-11-20(30)24-19(18)10-12-23(31)29-24)14-28-25(32)34-15-16-7-8-17(27)13-21(16)33-4/h7-13,22,30H,14-15,27H2,1-6H3,(H,28,32)(H,29,31)/t22-/m0/s1. The zero-order valence-electron chi connectivity index (χ0n) is 21.6. The van der Waals surface area contributed by atoms with E-state index < -0.39 is 20.5 Å². The van der Waals surface area contributed by atoms with Crippen molar-refractivity contribution in [3.63, 3.8) is 0 Å². The number of carbonyl (C=O) groups is 1. The van der Waals surface area contributed by atoms with E-state index >= 15 is 0 Å². The number of phenols is 1. The van der Waals surface area contributed by atoms with E-state index in [-0.39, 0.29) is 29.5 Å². The molecule has 36 heavy (non-hydrogen) atoms. The van der Waals surface area contributed by atoms with Gasteiger partial charge in [0.05, 0.1) is 25.3 Å². The van der Waals surface area contributed by atoms with Gasteiger partial charge in [0.2, 0.25) is 5.56 Å². The van der Waals surface area contributed by atoms with Gasteiger partial charge < -0.3 is 35.0 Å². The summed E-state index contributed by atoms with van der Waals surface area (Å²) in [7, 11) is -0.754. The number of methoxy groups -OCH3 is 1. The van der Waals surface area contributed by atoms with Crippen molar-refractivity contribution in [1.29, 1.82) is 0 Å². The highest BCUT2D eigenvalue weighted by molar-refractivity contribution is 6.74. The van der Waals surface area contributed by atoms with Crippen LogP contribution in [-0.4, -0.2) is 38.2 Å². The minimum Gasteiger partial charge on any atom is -0.506 e. The van der Waals surface area contributed by atoms with Gasteiger partial charge in [-0.1, -0.05) is 26.8 Å². The van der Waals surface area contributed by atoms with E-state index in [0.29, 0.717) is 27.9 Å². The van der Waals surface area contributed by atoms with Gasteiger partial charge in [0, 0.05) is 28.8 Å². The van der Waals surface area contributed by atoms with Crippen LogP contribution in [0.25, 0.3) is 10.9 Å². The van der Waals surface area contributed by atoms with Gasteiger partial charge in [-0.15, -0.1) is 0 Å². The summed E-state index contributed by atoms with van der Waals surface area (Å²) in [6.45, 7) is 10.8. The molecule has 1 heterocycles. The number of H-pyrrole nitrogens is 1. The van der Waals surface area contributed by atoms with E-state index in [9.17, 15) is 14.7 Å². The smallest absolute Gasteiger partial charge is 0.407 e. The van der Waals surface area contributed by atoms with Crippen molar-refractivity contribution in [2.75, 3.05) is 19.4 Å². The fraction of sp³-hybridized carbons (Fsp3) is 0.385. The first kappa shape index (κ1) is 27.1. The number of aromatic amines is 1. The molecular formula is C26H35N3O6Si. The number of ether oxygens (including phenoxy) is 2. The van der Waals surface area contributed by atoms with Crippen LogP contribution in [0.15, 0.2) is 47.3 Å². The number of benzene rings is 2. The molecule has 0 fully saturated rings. The topological polar surface area (TPSA) is 136 Å². The van der Waals surface area contributed by atoms with E-state index in [1.165, 1.54) is 19.2 Å². The summed E-state index contributed by atoms with van der Waals surface area (Å²) in [5.41, 5.74) is 7.76. The first-order valence-corrected chi connectivity index (χ1v) is 14.6. The molecule has 2 aromatic carbocycles. The molecular weight excluding hydrogens is 478 g/mol. The van der Waals surface area contributed by atoms with E-state index in [4.69, 9.17) is 19.6 Å². The second-order valence-corrected chi connectivity index (χ2v) is 14.9. The molecule has 5 N–H and O–H groups in total. The third-order valence-corrected chi connectivity index (χ3v) is 11.1. The maximum absolute atomic E-state index is 12.6. The molecule has 1 atom stereocenters. The highest BCUT2D eigenvalue weighted by atomic mass is 28.4. The second kappa shape index (κ2) is 10.6. The molecule has 0 bridgehead atoms. The molecule has 3 aromatic rings. The number of nitrogens with one attached hydrogen (secondary N) is 2. The summed E-state index contributed by atoms with van der Waals surface area (Å²) in [6, 6.07) is 11.4. The second-order valence-electron chi connectivity index (χ2n) is 10.2. The molecule has 0 saturated heterocycles. The van der Waals surface area contributed by atoms with Crippen LogP contribution < -0.4 is 21.3 Å². The van der Waals surface area contributed by atoms with Gasteiger partial charge in [0.1, 0.15) is 18.1 Å². The van der Waals surface area contributed by atoms with Crippen LogP contribution in [0.3, 0.4) is 0 Å². The molecule has 3 rings (SSSR count). The number of nitrogens with two attached hydrogens (primary N) is 1. The molecule has 0 radical (unpaired) electrons. The number of amides is 1. The van der Waals surface area contributed by atoms with Gasteiger partial charge in [-0.25, -0.2) is 4.79 Å². The Hall–Kier alpha value is -3.50. The lowest BCUT2D eigenvalue weighted by Crippen LogP contribution is -2.44. The van der Waals surface area contributed by atoms with E-state index in [1.807, 2.05) is 0 Å². The number of aromatic hydroxyl groups is 1. The summed E-state index contributed by atoms with van der Waals surface area (Å²) in [6.07, 6.45) is -1.16. The Morgan fingerprint density at radius 2 is 1.89 bits per heavy atom. The van der Waals surface area contributed by atoms with Crippen LogP contribution in [0, 0.1) is 0 Å². The Kier molecular flexibility index (Phi) is 8.00. The van der Waals surface area contributed by atoms with Crippen LogP contribution in [0.4, 0.5) is 10.5 Å². The Labute approximate surface area is 211 Å². The lowest BCUT2D eigenvalue weighted by molar-refractivity contribution is 0.127. The molecule has 0 spiro atoms. The molecule has 9 nitrogen and oxygen atoms in total. The predicted molar refractivity (Wildman–Crippen MR) is 143 cm³/mol. The first-order chi connectivity index (χ1) is 16.8. The lowest BCUT2D eigenvalue weighted by atomic mass is 10.0. The van der Waals surface area contributed by atoms with Crippen LogP contribution in [0.2, 0.25) is 18.1 Å². The van der Waals surface area contributed by atoms with Crippen molar-refractivity contribution in [2.45, 2.75) is 51.6 Å². The van der Waals surface area contributed by atoms with Crippen molar-refractivity contribution in [3.05, 3.63) is 63.9 Å². The fourth-order valence-electron chi connectivity index (χ4n) is 3.54. The van der Waals surface area contributed by atoms with Gasteiger partial charge in [-0.05, 0) is 48.0 Å². The number of aromatic nitrogens is 1.